The summed E-state index contributed by atoms with van der Waals surface area (Å²) < 4.78 is 1.16. The number of carbonyl (C=O) groups excluding carboxylic acids is 1. The molecule has 1 aromatic rings. The SMILES string of the molecule is Cc1cc(C(=O)N2CC(O)C2)ccc1I. The van der Waals surface area contributed by atoms with E-state index in [4.69, 9.17) is 5.11 Å². The van der Waals surface area contributed by atoms with Crippen LogP contribution in [0.2, 0.25) is 0 Å². The van der Waals surface area contributed by atoms with Crippen LogP contribution in [0.4, 0.5) is 0 Å². The Hall–Kier alpha value is -0.620. The lowest BCUT2D eigenvalue weighted by molar-refractivity contribution is 0.00589. The molecule has 1 aliphatic rings. The molecule has 4 heteroatoms. The number of hydrogen-bond donors (Lipinski definition) is 1. The van der Waals surface area contributed by atoms with E-state index in [1.54, 1.807) is 4.90 Å². The number of aryl methyl sites for hydroxylation is 1. The molecule has 0 saturated carbocycles. The molecule has 1 amide bonds. The molecule has 0 aromatic heterocycles. The summed E-state index contributed by atoms with van der Waals surface area (Å²) in [5.74, 6) is 0.0137. The van der Waals surface area contributed by atoms with Crippen molar-refractivity contribution >= 4 is 28.5 Å². The predicted octanol–water partition coefficient (Wildman–Crippen LogP) is 1.42. The van der Waals surface area contributed by atoms with E-state index in [1.165, 1.54) is 0 Å². The molecule has 1 saturated heterocycles. The minimum absolute atomic E-state index is 0.0137. The van der Waals surface area contributed by atoms with E-state index in [1.807, 2.05) is 25.1 Å². The van der Waals surface area contributed by atoms with Crippen molar-refractivity contribution in [1.29, 1.82) is 0 Å². The topological polar surface area (TPSA) is 40.5 Å². The van der Waals surface area contributed by atoms with Gasteiger partial charge in [0.1, 0.15) is 0 Å². The van der Waals surface area contributed by atoms with E-state index in [0.29, 0.717) is 18.7 Å². The Morgan fingerprint density at radius 2 is 2.20 bits per heavy atom. The number of aliphatic hydroxyl groups is 1. The van der Waals surface area contributed by atoms with Crippen molar-refractivity contribution in [3.05, 3.63) is 32.9 Å². The Bertz CT molecular complexity index is 400. The monoisotopic (exact) mass is 317 g/mol. The minimum atomic E-state index is -0.334. The third-order valence-corrected chi connectivity index (χ3v) is 3.76. The number of carbonyl (C=O) groups is 1. The van der Waals surface area contributed by atoms with E-state index < -0.39 is 0 Å². The molecule has 1 N–H and O–H groups in total. The molecular formula is C11H12INO2. The van der Waals surface area contributed by atoms with Gasteiger partial charge >= 0.3 is 0 Å². The van der Waals surface area contributed by atoms with Crippen molar-refractivity contribution in [2.45, 2.75) is 13.0 Å². The van der Waals surface area contributed by atoms with Crippen molar-refractivity contribution in [2.75, 3.05) is 13.1 Å². The van der Waals surface area contributed by atoms with Crippen LogP contribution in [-0.4, -0.2) is 35.1 Å². The van der Waals surface area contributed by atoms with Crippen LogP contribution in [-0.2, 0) is 0 Å². The predicted molar refractivity (Wildman–Crippen MR) is 65.8 cm³/mol. The summed E-state index contributed by atoms with van der Waals surface area (Å²) in [7, 11) is 0. The van der Waals surface area contributed by atoms with Crippen LogP contribution < -0.4 is 0 Å². The van der Waals surface area contributed by atoms with Crippen LogP contribution in [0, 0.1) is 10.5 Å². The Morgan fingerprint density at radius 1 is 1.53 bits per heavy atom. The Morgan fingerprint density at radius 3 is 2.73 bits per heavy atom. The average molecular weight is 317 g/mol. The van der Waals surface area contributed by atoms with Gasteiger partial charge in [-0.05, 0) is 53.3 Å². The van der Waals surface area contributed by atoms with Gasteiger partial charge in [-0.3, -0.25) is 4.79 Å². The second kappa shape index (κ2) is 4.09. The summed E-state index contributed by atoms with van der Waals surface area (Å²) in [6.45, 7) is 2.91. The van der Waals surface area contributed by atoms with E-state index in [2.05, 4.69) is 22.6 Å². The van der Waals surface area contributed by atoms with Gasteiger partial charge in [-0.25, -0.2) is 0 Å². The summed E-state index contributed by atoms with van der Waals surface area (Å²) in [4.78, 5) is 13.5. The number of halogens is 1. The number of aliphatic hydroxyl groups excluding tert-OH is 1. The zero-order valence-electron chi connectivity index (χ0n) is 8.40. The Labute approximate surface area is 102 Å². The molecular weight excluding hydrogens is 305 g/mol. The maximum absolute atomic E-state index is 11.8. The van der Waals surface area contributed by atoms with Crippen LogP contribution in [0.15, 0.2) is 18.2 Å². The highest BCUT2D eigenvalue weighted by Crippen LogP contribution is 2.17. The Kier molecular flexibility index (Phi) is 2.97. The molecule has 3 nitrogen and oxygen atoms in total. The Balaban J connectivity index is 2.16. The van der Waals surface area contributed by atoms with Gasteiger partial charge in [0.2, 0.25) is 0 Å². The van der Waals surface area contributed by atoms with Gasteiger partial charge in [-0.1, -0.05) is 0 Å². The van der Waals surface area contributed by atoms with E-state index in [-0.39, 0.29) is 12.0 Å². The summed E-state index contributed by atoms with van der Waals surface area (Å²) in [5, 5.41) is 9.12. The maximum Gasteiger partial charge on any atom is 0.254 e. The van der Waals surface area contributed by atoms with Gasteiger partial charge in [0, 0.05) is 22.2 Å². The summed E-state index contributed by atoms with van der Waals surface area (Å²) in [5.41, 5.74) is 1.82. The summed E-state index contributed by atoms with van der Waals surface area (Å²) in [6.07, 6.45) is -0.334. The number of benzene rings is 1. The standard InChI is InChI=1S/C11H12INO2/c1-7-4-8(2-3-10(7)12)11(15)13-5-9(14)6-13/h2-4,9,14H,5-6H2,1H3. The summed E-state index contributed by atoms with van der Waals surface area (Å²) >= 11 is 2.24. The second-order valence-electron chi connectivity index (χ2n) is 3.83. The molecule has 1 aromatic carbocycles. The molecule has 0 radical (unpaired) electrons. The zero-order chi connectivity index (χ0) is 11.0. The number of hydrogen-bond acceptors (Lipinski definition) is 2. The first-order valence-corrected chi connectivity index (χ1v) is 5.89. The molecule has 1 heterocycles. The number of rotatable bonds is 1. The number of nitrogens with zero attached hydrogens (tertiary/aromatic N) is 1. The largest absolute Gasteiger partial charge is 0.389 e. The van der Waals surface area contributed by atoms with Gasteiger partial charge in [0.15, 0.2) is 0 Å². The number of amides is 1. The van der Waals surface area contributed by atoms with E-state index >= 15 is 0 Å². The quantitative estimate of drug-likeness (QED) is 0.796. The first-order valence-electron chi connectivity index (χ1n) is 4.81. The highest BCUT2D eigenvalue weighted by atomic mass is 127. The van der Waals surface area contributed by atoms with E-state index in [9.17, 15) is 4.79 Å². The molecule has 0 unspecified atom stereocenters. The second-order valence-corrected chi connectivity index (χ2v) is 4.99. The minimum Gasteiger partial charge on any atom is -0.389 e. The highest BCUT2D eigenvalue weighted by Gasteiger charge is 2.29. The third kappa shape index (κ3) is 2.15. The van der Waals surface area contributed by atoms with Crippen molar-refractivity contribution in [2.24, 2.45) is 0 Å². The average Bonchev–Trinajstić information content (AvgIpc) is 2.16. The van der Waals surface area contributed by atoms with E-state index in [0.717, 1.165) is 9.13 Å². The molecule has 1 fully saturated rings. The molecule has 0 bridgehead atoms. The number of likely N-dealkylation sites (tertiary alicyclic amines) is 1. The maximum atomic E-state index is 11.8. The lowest BCUT2D eigenvalue weighted by Gasteiger charge is -2.35. The molecule has 1 aliphatic heterocycles. The lowest BCUT2D eigenvalue weighted by Crippen LogP contribution is -2.53. The first-order chi connectivity index (χ1) is 7.08. The number of β-amino-alcohol motifs (C(OH)–C–C–N with tert-alkyl or cyclic N) is 1. The van der Waals surface area contributed by atoms with Crippen LogP contribution in [0.25, 0.3) is 0 Å². The van der Waals surface area contributed by atoms with Crippen molar-refractivity contribution < 1.29 is 9.90 Å². The zero-order valence-corrected chi connectivity index (χ0v) is 10.6. The van der Waals surface area contributed by atoms with Gasteiger partial charge in [-0.2, -0.15) is 0 Å². The van der Waals surface area contributed by atoms with Crippen molar-refractivity contribution in [3.63, 3.8) is 0 Å². The normalized spacial score (nSPS) is 16.3. The molecule has 0 spiro atoms. The van der Waals surface area contributed by atoms with Crippen LogP contribution in [0.1, 0.15) is 15.9 Å². The summed E-state index contributed by atoms with van der Waals surface area (Å²) in [6, 6.07) is 5.68. The third-order valence-electron chi connectivity index (χ3n) is 2.55. The lowest BCUT2D eigenvalue weighted by atomic mass is 10.1. The fraction of sp³-hybridized carbons (Fsp3) is 0.364. The van der Waals surface area contributed by atoms with Gasteiger partial charge in [0.05, 0.1) is 6.10 Å². The van der Waals surface area contributed by atoms with Crippen LogP contribution in [0.3, 0.4) is 0 Å². The van der Waals surface area contributed by atoms with Gasteiger partial charge in [0.25, 0.3) is 5.91 Å². The first kappa shape index (κ1) is 10.9. The molecule has 0 atom stereocenters. The van der Waals surface area contributed by atoms with Gasteiger partial charge < -0.3 is 10.0 Å². The molecule has 80 valence electrons. The fourth-order valence-electron chi connectivity index (χ4n) is 1.58. The van der Waals surface area contributed by atoms with Crippen molar-refractivity contribution in [1.82, 2.24) is 4.90 Å². The fourth-order valence-corrected chi connectivity index (χ4v) is 1.92. The van der Waals surface area contributed by atoms with Crippen molar-refractivity contribution in [3.8, 4) is 0 Å². The van der Waals surface area contributed by atoms with Gasteiger partial charge in [-0.15, -0.1) is 0 Å². The molecule has 15 heavy (non-hydrogen) atoms. The molecule has 0 aliphatic carbocycles. The van der Waals surface area contributed by atoms with Crippen LogP contribution >= 0.6 is 22.6 Å². The highest BCUT2D eigenvalue weighted by molar-refractivity contribution is 14.1. The van der Waals surface area contributed by atoms with Crippen LogP contribution in [0.5, 0.6) is 0 Å². The smallest absolute Gasteiger partial charge is 0.254 e. The molecule has 2 rings (SSSR count).